The van der Waals surface area contributed by atoms with E-state index in [4.69, 9.17) is 9.47 Å². The molecule has 208 valence electrons. The molecule has 3 heterocycles. The fourth-order valence-electron chi connectivity index (χ4n) is 4.89. The minimum Gasteiger partial charge on any atom is -0.490 e. The van der Waals surface area contributed by atoms with Crippen LogP contribution in [-0.4, -0.2) is 63.7 Å². The van der Waals surface area contributed by atoms with Crippen molar-refractivity contribution in [1.82, 2.24) is 9.88 Å². The highest BCUT2D eigenvalue weighted by Gasteiger charge is 2.56. The number of carbonyl (C=O) groups is 4. The number of benzene rings is 2. The maximum atomic E-state index is 13.4. The number of anilines is 1. The van der Waals surface area contributed by atoms with E-state index in [1.54, 1.807) is 31.2 Å². The van der Waals surface area contributed by atoms with Crippen LogP contribution in [0.15, 0.2) is 52.3 Å². The molecule has 0 saturated carbocycles. The predicted octanol–water partition coefficient (Wildman–Crippen LogP) is 2.84. The minimum absolute atomic E-state index is 0.279. The van der Waals surface area contributed by atoms with Gasteiger partial charge in [0.05, 0.1) is 17.6 Å². The highest BCUT2D eigenvalue weighted by atomic mass is 32.2. The Bertz CT molecular complexity index is 1570. The van der Waals surface area contributed by atoms with Gasteiger partial charge in [0.15, 0.2) is 18.1 Å². The number of thioether (sulfide) groups is 1. The fraction of sp³-hybridized carbons (Fsp3) is 0.296. The van der Waals surface area contributed by atoms with Gasteiger partial charge in [0.2, 0.25) is 11.8 Å². The number of aromatic amines is 1. The van der Waals surface area contributed by atoms with E-state index in [1.165, 1.54) is 0 Å². The summed E-state index contributed by atoms with van der Waals surface area (Å²) in [5.41, 5.74) is 2.23. The summed E-state index contributed by atoms with van der Waals surface area (Å²) in [7, 11) is 0. The zero-order valence-electron chi connectivity index (χ0n) is 21.5. The molecule has 0 aliphatic carbocycles. The van der Waals surface area contributed by atoms with Gasteiger partial charge in [0.1, 0.15) is 11.8 Å². The lowest BCUT2D eigenvalue weighted by Gasteiger charge is -2.30. The highest BCUT2D eigenvalue weighted by Crippen LogP contribution is 2.53. The number of aryl methyl sites for hydroxylation is 1. The molecule has 0 bridgehead atoms. The Labute approximate surface area is 236 Å². The molecule has 1 aromatic heterocycles. The number of nitrogens with one attached hydrogen (secondary N) is 2. The average molecular weight is 584 g/mol. The Morgan fingerprint density at radius 3 is 2.60 bits per heavy atom. The number of aromatic nitrogens is 1. The van der Waals surface area contributed by atoms with Crippen LogP contribution in [0.3, 0.4) is 0 Å². The lowest BCUT2D eigenvalue weighted by molar-refractivity contribution is -0.149. The van der Waals surface area contributed by atoms with Gasteiger partial charge in [-0.2, -0.15) is 0 Å². The van der Waals surface area contributed by atoms with Gasteiger partial charge in [-0.25, -0.2) is 0 Å². The van der Waals surface area contributed by atoms with Gasteiger partial charge >= 0.3 is 10.8 Å². The molecule has 0 unspecified atom stereocenters. The summed E-state index contributed by atoms with van der Waals surface area (Å²) in [6.07, 6.45) is 0. The third-order valence-corrected chi connectivity index (χ3v) is 8.90. The third kappa shape index (κ3) is 5.34. The first-order chi connectivity index (χ1) is 19.2. The number of carboxylic acids is 1. The van der Waals surface area contributed by atoms with Crippen molar-refractivity contribution in [3.8, 4) is 11.5 Å². The second-order valence-corrected chi connectivity index (χ2v) is 11.4. The van der Waals surface area contributed by atoms with Gasteiger partial charge in [-0.3, -0.25) is 28.9 Å². The first-order valence-electron chi connectivity index (χ1n) is 12.4. The Morgan fingerprint density at radius 2 is 1.88 bits per heavy atom. The summed E-state index contributed by atoms with van der Waals surface area (Å²) < 4.78 is 11.6. The summed E-state index contributed by atoms with van der Waals surface area (Å²) in [6.45, 7) is 2.98. The van der Waals surface area contributed by atoms with E-state index in [9.17, 15) is 29.1 Å². The molecule has 3 amide bonds. The number of aliphatic carboxylic acids is 1. The Kier molecular flexibility index (Phi) is 7.68. The average Bonchev–Trinajstić information content (AvgIpc) is 3.38. The van der Waals surface area contributed by atoms with Gasteiger partial charge < -0.3 is 24.9 Å². The topological polar surface area (TPSA) is 155 Å². The number of rotatable bonds is 9. The van der Waals surface area contributed by atoms with Crippen molar-refractivity contribution in [2.75, 3.05) is 25.1 Å². The summed E-state index contributed by atoms with van der Waals surface area (Å²) in [6, 6.07) is 12.3. The molecule has 11 nitrogen and oxygen atoms in total. The van der Waals surface area contributed by atoms with E-state index in [-0.39, 0.29) is 24.0 Å². The zero-order chi connectivity index (χ0) is 28.6. The first kappa shape index (κ1) is 27.5. The number of likely N-dealkylation sites (tertiary alicyclic amines) is 1. The number of H-pyrrole nitrogens is 1. The van der Waals surface area contributed by atoms with Gasteiger partial charge in [-0.1, -0.05) is 41.3 Å². The molecule has 3 atom stereocenters. The van der Waals surface area contributed by atoms with Crippen LogP contribution in [0, 0.1) is 12.8 Å². The maximum Gasteiger partial charge on any atom is 0.323 e. The van der Waals surface area contributed by atoms with Crippen LogP contribution in [0.4, 0.5) is 5.69 Å². The summed E-state index contributed by atoms with van der Waals surface area (Å²) in [5.74, 6) is -3.84. The second-order valence-electron chi connectivity index (χ2n) is 9.25. The zero-order valence-corrected chi connectivity index (χ0v) is 23.1. The SMILES string of the molecule is CCOc1cc([C@@H]2c3sc(=O)[nH]c3S[C@@H]3C(=O)N(CC(=O)O)C(=O)[C@H]23)ccc1OCC(=O)Nc1cccc(C)c1. The number of fused-ring (bicyclic) bond motifs is 2. The number of ether oxygens (including phenoxy) is 2. The number of carboxylic acid groups (broad SMARTS) is 1. The molecular formula is C27H25N3O8S2. The number of nitrogens with zero attached hydrogens (tertiary/aromatic N) is 1. The predicted molar refractivity (Wildman–Crippen MR) is 147 cm³/mol. The summed E-state index contributed by atoms with van der Waals surface area (Å²) in [4.78, 5) is 66.3. The van der Waals surface area contributed by atoms with Crippen LogP contribution in [0.2, 0.25) is 0 Å². The molecule has 0 spiro atoms. The molecule has 2 aliphatic heterocycles. The molecule has 40 heavy (non-hydrogen) atoms. The number of imide groups is 1. The molecule has 3 N–H and O–H groups in total. The Balaban J connectivity index is 1.44. The molecule has 1 saturated heterocycles. The number of carbonyl (C=O) groups excluding carboxylic acids is 3. The van der Waals surface area contributed by atoms with Crippen molar-refractivity contribution in [2.24, 2.45) is 5.92 Å². The molecule has 3 aromatic rings. The fourth-order valence-corrected chi connectivity index (χ4v) is 7.43. The van der Waals surface area contributed by atoms with Crippen molar-refractivity contribution in [3.05, 3.63) is 68.1 Å². The van der Waals surface area contributed by atoms with E-state index in [1.807, 2.05) is 25.1 Å². The lowest BCUT2D eigenvalue weighted by Crippen LogP contribution is -2.36. The normalized spacial score (nSPS) is 19.6. The van der Waals surface area contributed by atoms with Crippen LogP contribution in [0.25, 0.3) is 0 Å². The van der Waals surface area contributed by atoms with Crippen LogP contribution >= 0.6 is 23.1 Å². The number of hydrogen-bond acceptors (Lipinski definition) is 9. The van der Waals surface area contributed by atoms with Crippen molar-refractivity contribution >= 4 is 52.5 Å². The molecule has 1 fully saturated rings. The number of amides is 3. The smallest absolute Gasteiger partial charge is 0.323 e. The summed E-state index contributed by atoms with van der Waals surface area (Å²) >= 11 is 2.01. The Morgan fingerprint density at radius 1 is 1.07 bits per heavy atom. The van der Waals surface area contributed by atoms with Gasteiger partial charge in [-0.15, -0.1) is 0 Å². The van der Waals surface area contributed by atoms with Crippen molar-refractivity contribution < 1.29 is 33.8 Å². The molecule has 0 radical (unpaired) electrons. The molecule has 2 aromatic carbocycles. The van der Waals surface area contributed by atoms with E-state index >= 15 is 0 Å². The molecule has 2 aliphatic rings. The molecule has 13 heteroatoms. The van der Waals surface area contributed by atoms with Crippen molar-refractivity contribution in [1.29, 1.82) is 0 Å². The molecule has 5 rings (SSSR count). The van der Waals surface area contributed by atoms with Crippen LogP contribution < -0.4 is 19.7 Å². The van der Waals surface area contributed by atoms with Gasteiger partial charge in [0.25, 0.3) is 5.91 Å². The lowest BCUT2D eigenvalue weighted by atomic mass is 9.83. The third-order valence-electron chi connectivity index (χ3n) is 6.50. The van der Waals surface area contributed by atoms with E-state index in [0.717, 1.165) is 33.6 Å². The minimum atomic E-state index is -1.29. The summed E-state index contributed by atoms with van der Waals surface area (Å²) in [5, 5.41) is 11.6. The second kappa shape index (κ2) is 11.2. The first-order valence-corrected chi connectivity index (χ1v) is 14.1. The quantitative estimate of drug-likeness (QED) is 0.323. The number of hydrogen-bond donors (Lipinski definition) is 3. The van der Waals surface area contributed by atoms with Gasteiger partial charge in [-0.05, 0) is 49.2 Å². The van der Waals surface area contributed by atoms with Gasteiger partial charge in [0, 0.05) is 16.5 Å². The maximum absolute atomic E-state index is 13.4. The monoisotopic (exact) mass is 583 g/mol. The van der Waals surface area contributed by atoms with Crippen LogP contribution in [-0.2, 0) is 19.2 Å². The largest absolute Gasteiger partial charge is 0.490 e. The highest BCUT2D eigenvalue weighted by molar-refractivity contribution is 8.00. The Hall–Kier alpha value is -4.10. The number of thiazole rings is 1. The van der Waals surface area contributed by atoms with Crippen LogP contribution in [0.5, 0.6) is 11.5 Å². The van der Waals surface area contributed by atoms with Crippen molar-refractivity contribution in [3.63, 3.8) is 0 Å². The van der Waals surface area contributed by atoms with Crippen LogP contribution in [0.1, 0.15) is 28.8 Å². The standard InChI is InChI=1S/C27H25N3O8S2/c1-3-37-17-10-14(7-8-16(17)38-12-18(31)28-15-6-4-5-13(2)9-15)20-21-23(39-24-22(20)40-27(36)29-24)26(35)30(25(21)34)11-19(32)33/h4-10,20-21,23H,3,11-12H2,1-2H3,(H,28,31)(H,29,36)(H,32,33)/t20-,21+,23-/m0/s1. The molecular weight excluding hydrogens is 558 g/mol. The van der Waals surface area contributed by atoms with Crippen molar-refractivity contribution in [2.45, 2.75) is 30.0 Å². The van der Waals surface area contributed by atoms with E-state index in [2.05, 4.69) is 10.3 Å². The van der Waals surface area contributed by atoms with E-state index in [0.29, 0.717) is 32.7 Å². The van der Waals surface area contributed by atoms with E-state index < -0.39 is 41.4 Å².